The molecule has 106 valence electrons. The van der Waals surface area contributed by atoms with Crippen molar-refractivity contribution < 1.29 is 13.2 Å². The van der Waals surface area contributed by atoms with E-state index < -0.39 is 28.4 Å². The molecule has 0 aliphatic rings. The van der Waals surface area contributed by atoms with Crippen LogP contribution in [0.15, 0.2) is 23.0 Å². The number of hydrogen-bond acceptors (Lipinski definition) is 2. The molecule has 2 rings (SSSR count). The Kier molecular flexibility index (Phi) is 3.41. The van der Waals surface area contributed by atoms with Gasteiger partial charge in [0, 0.05) is 17.0 Å². The summed E-state index contributed by atoms with van der Waals surface area (Å²) in [5, 5.41) is 0. The summed E-state index contributed by atoms with van der Waals surface area (Å²) >= 11 is 0. The van der Waals surface area contributed by atoms with Crippen LogP contribution in [0.3, 0.4) is 0 Å². The molecule has 0 atom stereocenters. The van der Waals surface area contributed by atoms with Gasteiger partial charge in [-0.3, -0.25) is 4.79 Å². The fraction of sp³-hybridized carbons (Fsp3) is 0.286. The number of nitrogens with one attached hydrogen (secondary N) is 1. The number of H-pyrrole nitrogens is 1. The number of hydrogen-bond donors (Lipinski definition) is 1. The standard InChI is InChI=1S/C14H13F3N2O/c1-14(2,3)13-18-10(6-11(20)19-13)7-4-8(15)12(17)9(16)5-7/h4-6H,1-3H3,(H,18,19,20). The number of benzene rings is 1. The Morgan fingerprint density at radius 2 is 1.60 bits per heavy atom. The van der Waals surface area contributed by atoms with Gasteiger partial charge in [-0.25, -0.2) is 18.2 Å². The number of halogens is 3. The van der Waals surface area contributed by atoms with E-state index in [0.717, 1.165) is 18.2 Å². The van der Waals surface area contributed by atoms with Crippen molar-refractivity contribution in [3.05, 3.63) is 51.8 Å². The first-order valence-electron chi connectivity index (χ1n) is 5.95. The van der Waals surface area contributed by atoms with Crippen LogP contribution in [0.2, 0.25) is 0 Å². The van der Waals surface area contributed by atoms with Gasteiger partial charge in [0.25, 0.3) is 5.56 Å². The smallest absolute Gasteiger partial charge is 0.251 e. The molecule has 20 heavy (non-hydrogen) atoms. The first kappa shape index (κ1) is 14.3. The second-order valence-corrected chi connectivity index (χ2v) is 5.48. The maximum atomic E-state index is 13.2. The van der Waals surface area contributed by atoms with E-state index in [2.05, 4.69) is 9.97 Å². The predicted octanol–water partition coefficient (Wildman–Crippen LogP) is 3.15. The first-order valence-corrected chi connectivity index (χ1v) is 5.95. The van der Waals surface area contributed by atoms with Gasteiger partial charge in [0.05, 0.1) is 5.69 Å². The zero-order chi connectivity index (χ0) is 15.1. The SMILES string of the molecule is CC(C)(C)c1nc(-c2cc(F)c(F)c(F)c2)cc(=O)[nH]1. The zero-order valence-electron chi connectivity index (χ0n) is 11.2. The predicted molar refractivity (Wildman–Crippen MR) is 68.9 cm³/mol. The molecule has 1 N–H and O–H groups in total. The average Bonchev–Trinajstić information content (AvgIpc) is 2.33. The van der Waals surface area contributed by atoms with E-state index in [-0.39, 0.29) is 11.3 Å². The van der Waals surface area contributed by atoms with Crippen molar-refractivity contribution in [3.8, 4) is 11.3 Å². The molecular weight excluding hydrogens is 269 g/mol. The van der Waals surface area contributed by atoms with E-state index in [1.807, 2.05) is 20.8 Å². The Hall–Kier alpha value is -2.11. The highest BCUT2D eigenvalue weighted by atomic mass is 19.2. The summed E-state index contributed by atoms with van der Waals surface area (Å²) in [5.41, 5.74) is -0.772. The van der Waals surface area contributed by atoms with Gasteiger partial charge in [-0.2, -0.15) is 0 Å². The molecule has 6 heteroatoms. The molecule has 2 aromatic rings. The molecule has 0 radical (unpaired) electrons. The van der Waals surface area contributed by atoms with Gasteiger partial charge in [-0.1, -0.05) is 20.8 Å². The Morgan fingerprint density at radius 3 is 2.10 bits per heavy atom. The third kappa shape index (κ3) is 2.74. The summed E-state index contributed by atoms with van der Waals surface area (Å²) in [7, 11) is 0. The zero-order valence-corrected chi connectivity index (χ0v) is 11.2. The van der Waals surface area contributed by atoms with E-state index in [0.29, 0.717) is 5.82 Å². The summed E-state index contributed by atoms with van der Waals surface area (Å²) in [5.74, 6) is -3.81. The van der Waals surface area contributed by atoms with Gasteiger partial charge >= 0.3 is 0 Å². The molecule has 1 heterocycles. The van der Waals surface area contributed by atoms with Gasteiger partial charge in [-0.05, 0) is 12.1 Å². The molecule has 0 unspecified atom stereocenters. The van der Waals surface area contributed by atoms with Crippen molar-refractivity contribution in [1.29, 1.82) is 0 Å². The Bertz CT molecular complexity index is 694. The Morgan fingerprint density at radius 1 is 1.05 bits per heavy atom. The normalized spacial score (nSPS) is 11.7. The summed E-state index contributed by atoms with van der Waals surface area (Å²) < 4.78 is 39.4. The molecule has 1 aromatic carbocycles. The molecule has 0 bridgehead atoms. The molecule has 0 saturated heterocycles. The monoisotopic (exact) mass is 282 g/mol. The van der Waals surface area contributed by atoms with E-state index in [9.17, 15) is 18.0 Å². The minimum atomic E-state index is -1.55. The van der Waals surface area contributed by atoms with Crippen molar-refractivity contribution >= 4 is 0 Å². The van der Waals surface area contributed by atoms with Crippen molar-refractivity contribution in [1.82, 2.24) is 9.97 Å². The summed E-state index contributed by atoms with van der Waals surface area (Å²) in [6.07, 6.45) is 0. The fourth-order valence-corrected chi connectivity index (χ4v) is 1.66. The lowest BCUT2D eigenvalue weighted by Gasteiger charge is -2.17. The second-order valence-electron chi connectivity index (χ2n) is 5.48. The van der Waals surface area contributed by atoms with Crippen LogP contribution in [-0.4, -0.2) is 9.97 Å². The van der Waals surface area contributed by atoms with Crippen LogP contribution in [0.25, 0.3) is 11.3 Å². The van der Waals surface area contributed by atoms with Crippen molar-refractivity contribution in [2.45, 2.75) is 26.2 Å². The number of rotatable bonds is 1. The lowest BCUT2D eigenvalue weighted by Crippen LogP contribution is -2.22. The van der Waals surface area contributed by atoms with Gasteiger partial charge in [0.15, 0.2) is 17.5 Å². The van der Waals surface area contributed by atoms with Crippen LogP contribution in [0, 0.1) is 17.5 Å². The van der Waals surface area contributed by atoms with E-state index in [1.54, 1.807) is 0 Å². The lowest BCUT2D eigenvalue weighted by atomic mass is 9.95. The van der Waals surface area contributed by atoms with E-state index >= 15 is 0 Å². The fourth-order valence-electron chi connectivity index (χ4n) is 1.66. The minimum absolute atomic E-state index is 0.0120. The maximum absolute atomic E-state index is 13.2. The van der Waals surface area contributed by atoms with Gasteiger partial charge in [0.2, 0.25) is 0 Å². The Labute approximate surface area is 113 Å². The van der Waals surface area contributed by atoms with Crippen LogP contribution in [0.5, 0.6) is 0 Å². The number of aromatic amines is 1. The average molecular weight is 282 g/mol. The number of aromatic nitrogens is 2. The highest BCUT2D eigenvalue weighted by Crippen LogP contribution is 2.24. The van der Waals surface area contributed by atoms with Gasteiger partial charge in [-0.15, -0.1) is 0 Å². The third-order valence-electron chi connectivity index (χ3n) is 2.73. The van der Waals surface area contributed by atoms with Crippen LogP contribution >= 0.6 is 0 Å². The molecule has 0 amide bonds. The molecule has 1 aromatic heterocycles. The molecular formula is C14H13F3N2O. The van der Waals surface area contributed by atoms with Crippen molar-refractivity contribution in [2.75, 3.05) is 0 Å². The van der Waals surface area contributed by atoms with Crippen LogP contribution < -0.4 is 5.56 Å². The lowest BCUT2D eigenvalue weighted by molar-refractivity contribution is 0.447. The van der Waals surface area contributed by atoms with Crippen molar-refractivity contribution in [2.24, 2.45) is 0 Å². The van der Waals surface area contributed by atoms with Gasteiger partial charge in [0.1, 0.15) is 5.82 Å². The van der Waals surface area contributed by atoms with E-state index in [4.69, 9.17) is 0 Å². The maximum Gasteiger partial charge on any atom is 0.251 e. The van der Waals surface area contributed by atoms with Crippen molar-refractivity contribution in [3.63, 3.8) is 0 Å². The summed E-state index contributed by atoms with van der Waals surface area (Å²) in [4.78, 5) is 18.4. The van der Waals surface area contributed by atoms with Crippen LogP contribution in [-0.2, 0) is 5.41 Å². The topological polar surface area (TPSA) is 45.8 Å². The first-order chi connectivity index (χ1) is 9.18. The molecule has 0 saturated carbocycles. The highest BCUT2D eigenvalue weighted by molar-refractivity contribution is 5.59. The summed E-state index contributed by atoms with van der Waals surface area (Å²) in [6, 6.07) is 2.74. The van der Waals surface area contributed by atoms with Crippen LogP contribution in [0.4, 0.5) is 13.2 Å². The second kappa shape index (κ2) is 4.77. The minimum Gasteiger partial charge on any atom is -0.310 e. The molecule has 0 aliphatic heterocycles. The molecule has 3 nitrogen and oxygen atoms in total. The van der Waals surface area contributed by atoms with Crippen LogP contribution in [0.1, 0.15) is 26.6 Å². The number of nitrogens with zero attached hydrogens (tertiary/aromatic N) is 1. The third-order valence-corrected chi connectivity index (χ3v) is 2.73. The summed E-state index contributed by atoms with van der Waals surface area (Å²) in [6.45, 7) is 5.50. The molecule has 0 aliphatic carbocycles. The Balaban J connectivity index is 2.65. The highest BCUT2D eigenvalue weighted by Gasteiger charge is 2.19. The van der Waals surface area contributed by atoms with Gasteiger partial charge < -0.3 is 4.98 Å². The largest absolute Gasteiger partial charge is 0.310 e. The van der Waals surface area contributed by atoms with E-state index in [1.165, 1.54) is 0 Å². The quantitative estimate of drug-likeness (QED) is 0.817. The molecule has 0 fully saturated rings. The molecule has 0 spiro atoms.